The molecule has 1 aliphatic rings. The number of carbonyl (C=O) groups is 1. The maximum Gasteiger partial charge on any atom is 0.410 e. The number of ether oxygens (including phenoxy) is 1. The predicted octanol–water partition coefficient (Wildman–Crippen LogP) is 3.55. The van der Waals surface area contributed by atoms with Crippen LogP contribution in [-0.4, -0.2) is 35.7 Å². The molecule has 0 spiro atoms. The molecule has 1 fully saturated rings. The quantitative estimate of drug-likeness (QED) is 0.902. The van der Waals surface area contributed by atoms with Gasteiger partial charge < -0.3 is 15.0 Å². The van der Waals surface area contributed by atoms with Gasteiger partial charge in [0.05, 0.1) is 0 Å². The minimum atomic E-state index is -0.431. The van der Waals surface area contributed by atoms with E-state index >= 15 is 0 Å². The summed E-state index contributed by atoms with van der Waals surface area (Å²) < 4.78 is 6.49. The van der Waals surface area contributed by atoms with Crippen molar-refractivity contribution in [2.75, 3.05) is 13.1 Å². The number of amides is 1. The summed E-state index contributed by atoms with van der Waals surface area (Å²) in [5.41, 5.74) is 0.814. The lowest BCUT2D eigenvalue weighted by molar-refractivity contribution is 0.0291. The third-order valence-electron chi connectivity index (χ3n) is 3.35. The number of halogens is 1. The summed E-state index contributed by atoms with van der Waals surface area (Å²) in [7, 11) is 0. The molecular weight excluding hydrogens is 332 g/mol. The highest BCUT2D eigenvalue weighted by molar-refractivity contribution is 9.10. The number of nitrogens with zero attached hydrogens (tertiary/aromatic N) is 1. The van der Waals surface area contributed by atoms with Gasteiger partial charge in [0.15, 0.2) is 0 Å². The molecule has 1 aromatic carbocycles. The Labute approximate surface area is 135 Å². The Hall–Kier alpha value is -1.07. The molecule has 1 heterocycles. The van der Waals surface area contributed by atoms with Gasteiger partial charge in [0, 0.05) is 30.1 Å². The van der Waals surface area contributed by atoms with Gasteiger partial charge >= 0.3 is 6.09 Å². The molecule has 2 rings (SSSR count). The third-order valence-corrected chi connectivity index (χ3v) is 3.88. The van der Waals surface area contributed by atoms with Crippen LogP contribution in [0.1, 0.15) is 32.8 Å². The van der Waals surface area contributed by atoms with Crippen LogP contribution in [0.2, 0.25) is 0 Å². The normalized spacial score (nSPS) is 18.9. The van der Waals surface area contributed by atoms with Gasteiger partial charge in [0.2, 0.25) is 0 Å². The Morgan fingerprint density at radius 3 is 2.67 bits per heavy atom. The fourth-order valence-corrected chi connectivity index (χ4v) is 2.55. The molecule has 0 unspecified atom stereocenters. The van der Waals surface area contributed by atoms with Crippen LogP contribution in [0.3, 0.4) is 0 Å². The number of carbonyl (C=O) groups excluding carboxylic acids is 1. The summed E-state index contributed by atoms with van der Waals surface area (Å²) in [6.45, 7) is 7.97. The van der Waals surface area contributed by atoms with Crippen LogP contribution in [0, 0.1) is 0 Å². The van der Waals surface area contributed by atoms with E-state index in [-0.39, 0.29) is 6.09 Å². The lowest BCUT2D eigenvalue weighted by atomic mass is 10.2. The zero-order chi connectivity index (χ0) is 15.5. The first-order chi connectivity index (χ1) is 9.83. The van der Waals surface area contributed by atoms with Gasteiger partial charge in [-0.3, -0.25) is 0 Å². The predicted molar refractivity (Wildman–Crippen MR) is 87.2 cm³/mol. The number of benzene rings is 1. The average Bonchev–Trinajstić information content (AvgIpc) is 2.85. The fraction of sp³-hybridized carbons (Fsp3) is 0.562. The largest absolute Gasteiger partial charge is 0.444 e. The van der Waals surface area contributed by atoms with Crippen LogP contribution in [0.5, 0.6) is 0 Å². The summed E-state index contributed by atoms with van der Waals surface area (Å²) in [5.74, 6) is 0. The second-order valence-corrected chi connectivity index (χ2v) is 7.33. The summed E-state index contributed by atoms with van der Waals surface area (Å²) >= 11 is 3.43. The first-order valence-electron chi connectivity index (χ1n) is 7.29. The molecule has 0 aromatic heterocycles. The van der Waals surface area contributed by atoms with Gasteiger partial charge in [-0.25, -0.2) is 4.79 Å². The molecule has 1 N–H and O–H groups in total. The molecule has 0 saturated carbocycles. The summed E-state index contributed by atoms with van der Waals surface area (Å²) in [4.78, 5) is 13.8. The number of nitrogens with one attached hydrogen (secondary N) is 1. The monoisotopic (exact) mass is 354 g/mol. The van der Waals surface area contributed by atoms with E-state index in [1.807, 2.05) is 32.9 Å². The highest BCUT2D eigenvalue weighted by Gasteiger charge is 2.29. The Morgan fingerprint density at radius 2 is 2.05 bits per heavy atom. The Balaban J connectivity index is 1.77. The van der Waals surface area contributed by atoms with E-state index in [1.165, 1.54) is 5.56 Å². The van der Waals surface area contributed by atoms with E-state index in [2.05, 4.69) is 33.4 Å². The Kier molecular flexibility index (Phi) is 5.27. The van der Waals surface area contributed by atoms with Crippen molar-refractivity contribution < 1.29 is 9.53 Å². The van der Waals surface area contributed by atoms with Crippen molar-refractivity contribution in [1.82, 2.24) is 10.2 Å². The van der Waals surface area contributed by atoms with Crippen molar-refractivity contribution in [1.29, 1.82) is 0 Å². The van der Waals surface area contributed by atoms with Crippen LogP contribution in [0.4, 0.5) is 4.79 Å². The van der Waals surface area contributed by atoms with E-state index < -0.39 is 5.60 Å². The van der Waals surface area contributed by atoms with Crippen LogP contribution in [-0.2, 0) is 11.3 Å². The van der Waals surface area contributed by atoms with E-state index in [9.17, 15) is 4.79 Å². The zero-order valence-electron chi connectivity index (χ0n) is 12.9. The van der Waals surface area contributed by atoms with Crippen molar-refractivity contribution in [3.63, 3.8) is 0 Å². The SMILES string of the molecule is CC(C)(C)OC(=O)N1CC[C@H](NCc2ccc(Br)cc2)C1. The Morgan fingerprint density at radius 1 is 1.38 bits per heavy atom. The fourth-order valence-electron chi connectivity index (χ4n) is 2.28. The molecular formula is C16H23BrN2O2. The van der Waals surface area contributed by atoms with Crippen LogP contribution < -0.4 is 5.32 Å². The summed E-state index contributed by atoms with van der Waals surface area (Å²) in [6, 6.07) is 8.60. The van der Waals surface area contributed by atoms with Crippen LogP contribution in [0.25, 0.3) is 0 Å². The molecule has 1 amide bonds. The van der Waals surface area contributed by atoms with Crippen LogP contribution >= 0.6 is 15.9 Å². The van der Waals surface area contributed by atoms with Crippen LogP contribution in [0.15, 0.2) is 28.7 Å². The average molecular weight is 355 g/mol. The van der Waals surface area contributed by atoms with E-state index in [4.69, 9.17) is 4.74 Å². The summed E-state index contributed by atoms with van der Waals surface area (Å²) in [6.07, 6.45) is 0.755. The first kappa shape index (κ1) is 16.3. The zero-order valence-corrected chi connectivity index (χ0v) is 14.4. The first-order valence-corrected chi connectivity index (χ1v) is 8.08. The standard InChI is InChI=1S/C16H23BrN2O2/c1-16(2,3)21-15(20)19-9-8-14(11-19)18-10-12-4-6-13(17)7-5-12/h4-7,14,18H,8-11H2,1-3H3/t14-/m0/s1. The lowest BCUT2D eigenvalue weighted by Gasteiger charge is -2.24. The molecule has 4 nitrogen and oxygen atoms in total. The van der Waals surface area contributed by atoms with E-state index in [0.29, 0.717) is 12.6 Å². The summed E-state index contributed by atoms with van der Waals surface area (Å²) in [5, 5.41) is 3.50. The minimum absolute atomic E-state index is 0.213. The number of likely N-dealkylation sites (tertiary alicyclic amines) is 1. The van der Waals surface area contributed by atoms with Gasteiger partial charge in [0.1, 0.15) is 5.60 Å². The molecule has 0 bridgehead atoms. The van der Waals surface area contributed by atoms with Gasteiger partial charge in [0.25, 0.3) is 0 Å². The third kappa shape index (κ3) is 5.32. The smallest absolute Gasteiger partial charge is 0.410 e. The highest BCUT2D eigenvalue weighted by atomic mass is 79.9. The van der Waals surface area contributed by atoms with Crippen molar-refractivity contribution in [3.8, 4) is 0 Å². The molecule has 5 heteroatoms. The second-order valence-electron chi connectivity index (χ2n) is 6.42. The molecule has 1 atom stereocenters. The molecule has 116 valence electrons. The maximum atomic E-state index is 12.0. The van der Waals surface area contributed by atoms with E-state index in [0.717, 1.165) is 24.0 Å². The topological polar surface area (TPSA) is 41.6 Å². The highest BCUT2D eigenvalue weighted by Crippen LogP contribution is 2.16. The number of hydrogen-bond donors (Lipinski definition) is 1. The molecule has 0 aliphatic carbocycles. The second kappa shape index (κ2) is 6.79. The van der Waals surface area contributed by atoms with Crippen molar-refractivity contribution in [3.05, 3.63) is 34.3 Å². The van der Waals surface area contributed by atoms with Gasteiger partial charge in [-0.1, -0.05) is 28.1 Å². The van der Waals surface area contributed by atoms with E-state index in [1.54, 1.807) is 4.90 Å². The van der Waals surface area contributed by atoms with Gasteiger partial charge in [-0.05, 0) is 44.9 Å². The maximum absolute atomic E-state index is 12.0. The molecule has 1 saturated heterocycles. The van der Waals surface area contributed by atoms with Crippen molar-refractivity contribution >= 4 is 22.0 Å². The number of rotatable bonds is 3. The van der Waals surface area contributed by atoms with Crippen molar-refractivity contribution in [2.45, 2.75) is 45.4 Å². The molecule has 1 aliphatic heterocycles. The minimum Gasteiger partial charge on any atom is -0.444 e. The van der Waals surface area contributed by atoms with Gasteiger partial charge in [-0.2, -0.15) is 0 Å². The lowest BCUT2D eigenvalue weighted by Crippen LogP contribution is -2.38. The van der Waals surface area contributed by atoms with Crippen molar-refractivity contribution in [2.24, 2.45) is 0 Å². The Bertz CT molecular complexity index is 482. The molecule has 21 heavy (non-hydrogen) atoms. The van der Waals surface area contributed by atoms with Gasteiger partial charge in [-0.15, -0.1) is 0 Å². The molecule has 0 radical (unpaired) electrons. The number of hydrogen-bond acceptors (Lipinski definition) is 3. The molecule has 1 aromatic rings.